The number of fused-ring (bicyclic) bond motifs is 1. The predicted molar refractivity (Wildman–Crippen MR) is 112 cm³/mol. The van der Waals surface area contributed by atoms with Crippen LogP contribution in [0.4, 0.5) is 0 Å². The summed E-state index contributed by atoms with van der Waals surface area (Å²) in [6.07, 6.45) is 6.92. The number of benzene rings is 1. The molecule has 0 saturated heterocycles. The van der Waals surface area contributed by atoms with Gasteiger partial charge in [-0.3, -0.25) is 0 Å². The van der Waals surface area contributed by atoms with Crippen LogP contribution >= 0.6 is 0 Å². The second-order valence-corrected chi connectivity index (χ2v) is 7.12. The molecule has 6 heteroatoms. The van der Waals surface area contributed by atoms with Crippen LogP contribution in [-0.2, 0) is 19.5 Å². The molecule has 0 atom stereocenters. The van der Waals surface area contributed by atoms with E-state index < -0.39 is 0 Å². The average molecular weight is 367 g/mol. The summed E-state index contributed by atoms with van der Waals surface area (Å²) in [4.78, 5) is 12.5. The summed E-state index contributed by atoms with van der Waals surface area (Å²) >= 11 is 0. The third kappa shape index (κ3) is 5.12. The fourth-order valence-corrected chi connectivity index (χ4v) is 3.20. The molecule has 0 aliphatic rings. The van der Waals surface area contributed by atoms with Gasteiger partial charge in [0.05, 0.1) is 0 Å². The van der Waals surface area contributed by atoms with Gasteiger partial charge in [-0.05, 0) is 30.9 Å². The molecular formula is C21H30N6. The van der Waals surface area contributed by atoms with Crippen LogP contribution in [0.3, 0.4) is 0 Å². The third-order valence-corrected chi connectivity index (χ3v) is 4.45. The van der Waals surface area contributed by atoms with E-state index in [1.165, 1.54) is 16.5 Å². The van der Waals surface area contributed by atoms with E-state index in [9.17, 15) is 0 Å². The molecule has 0 unspecified atom stereocenters. The van der Waals surface area contributed by atoms with E-state index >= 15 is 0 Å². The van der Waals surface area contributed by atoms with Gasteiger partial charge in [-0.2, -0.15) is 0 Å². The molecule has 1 aromatic carbocycles. The zero-order valence-electron chi connectivity index (χ0n) is 16.5. The predicted octanol–water partition coefficient (Wildman–Crippen LogP) is 3.32. The quantitative estimate of drug-likeness (QED) is 0.423. The van der Waals surface area contributed by atoms with Gasteiger partial charge in [0.2, 0.25) is 0 Å². The van der Waals surface area contributed by atoms with Gasteiger partial charge in [-0.25, -0.2) is 9.98 Å². The molecule has 0 radical (unpaired) electrons. The Morgan fingerprint density at radius 2 is 2.11 bits per heavy atom. The highest BCUT2D eigenvalue weighted by atomic mass is 15.2. The summed E-state index contributed by atoms with van der Waals surface area (Å²) in [6.45, 7) is 9.70. The number of rotatable bonds is 8. The molecule has 3 rings (SSSR count). The lowest BCUT2D eigenvalue weighted by atomic mass is 10.1. The Morgan fingerprint density at radius 1 is 1.26 bits per heavy atom. The molecule has 3 N–H and O–H groups in total. The third-order valence-electron chi connectivity index (χ3n) is 4.45. The second kappa shape index (κ2) is 9.26. The van der Waals surface area contributed by atoms with Crippen molar-refractivity contribution >= 4 is 16.9 Å². The van der Waals surface area contributed by atoms with Gasteiger partial charge in [0, 0.05) is 49.1 Å². The zero-order chi connectivity index (χ0) is 19.1. The SMILES string of the molecule is CCNC(=NCc1nccn1CC(C)C)NCCc1c[nH]c2ccccc12. The van der Waals surface area contributed by atoms with Gasteiger partial charge in [0.25, 0.3) is 0 Å². The molecule has 2 heterocycles. The summed E-state index contributed by atoms with van der Waals surface area (Å²) in [6, 6.07) is 8.41. The smallest absolute Gasteiger partial charge is 0.191 e. The van der Waals surface area contributed by atoms with Crippen LogP contribution in [0.15, 0.2) is 47.8 Å². The number of aromatic nitrogens is 3. The Morgan fingerprint density at radius 3 is 2.93 bits per heavy atom. The van der Waals surface area contributed by atoms with Crippen molar-refractivity contribution in [1.82, 2.24) is 25.2 Å². The van der Waals surface area contributed by atoms with E-state index in [4.69, 9.17) is 4.99 Å². The molecule has 0 saturated carbocycles. The number of H-pyrrole nitrogens is 1. The number of aliphatic imine (C=N–C) groups is 1. The largest absolute Gasteiger partial charge is 0.361 e. The molecule has 3 aromatic rings. The molecule has 0 aliphatic heterocycles. The number of hydrogen-bond acceptors (Lipinski definition) is 2. The van der Waals surface area contributed by atoms with Crippen molar-refractivity contribution in [2.75, 3.05) is 13.1 Å². The maximum Gasteiger partial charge on any atom is 0.191 e. The number of guanidine groups is 1. The average Bonchev–Trinajstić information content (AvgIpc) is 3.26. The van der Waals surface area contributed by atoms with Crippen molar-refractivity contribution in [3.63, 3.8) is 0 Å². The molecule has 0 spiro atoms. The molecule has 6 nitrogen and oxygen atoms in total. The molecule has 144 valence electrons. The van der Waals surface area contributed by atoms with Crippen molar-refractivity contribution in [1.29, 1.82) is 0 Å². The first-order chi connectivity index (χ1) is 13.2. The molecule has 0 amide bonds. The van der Waals surface area contributed by atoms with Crippen molar-refractivity contribution in [3.05, 3.63) is 54.2 Å². The molecule has 27 heavy (non-hydrogen) atoms. The first-order valence-electron chi connectivity index (χ1n) is 9.74. The van der Waals surface area contributed by atoms with Crippen LogP contribution in [0.1, 0.15) is 32.2 Å². The number of nitrogens with one attached hydrogen (secondary N) is 3. The zero-order valence-corrected chi connectivity index (χ0v) is 16.5. The van der Waals surface area contributed by atoms with E-state index in [2.05, 4.69) is 76.4 Å². The van der Waals surface area contributed by atoms with E-state index in [0.717, 1.165) is 37.8 Å². The normalized spacial score (nSPS) is 12.1. The summed E-state index contributed by atoms with van der Waals surface area (Å²) in [5.74, 6) is 2.42. The van der Waals surface area contributed by atoms with Crippen LogP contribution < -0.4 is 10.6 Å². The summed E-state index contributed by atoms with van der Waals surface area (Å²) in [7, 11) is 0. The summed E-state index contributed by atoms with van der Waals surface area (Å²) in [5, 5.41) is 8.04. The van der Waals surface area contributed by atoms with Gasteiger partial charge in [0.1, 0.15) is 12.4 Å². The van der Waals surface area contributed by atoms with Crippen molar-refractivity contribution < 1.29 is 0 Å². The topological polar surface area (TPSA) is 70.0 Å². The first-order valence-corrected chi connectivity index (χ1v) is 9.74. The summed E-state index contributed by atoms with van der Waals surface area (Å²) in [5.41, 5.74) is 2.51. The number of aromatic amines is 1. The van der Waals surface area contributed by atoms with Crippen LogP contribution in [0.5, 0.6) is 0 Å². The Bertz CT molecular complexity index is 874. The second-order valence-electron chi connectivity index (χ2n) is 7.12. The molecule has 0 bridgehead atoms. The monoisotopic (exact) mass is 366 g/mol. The van der Waals surface area contributed by atoms with E-state index in [1.807, 2.05) is 12.4 Å². The number of imidazole rings is 1. The molecule has 0 fully saturated rings. The fourth-order valence-electron chi connectivity index (χ4n) is 3.20. The van der Waals surface area contributed by atoms with Gasteiger partial charge in [0.15, 0.2) is 5.96 Å². The van der Waals surface area contributed by atoms with Crippen molar-refractivity contribution in [2.24, 2.45) is 10.9 Å². The van der Waals surface area contributed by atoms with Crippen LogP contribution in [-0.4, -0.2) is 33.6 Å². The lowest BCUT2D eigenvalue weighted by Gasteiger charge is -2.12. The van der Waals surface area contributed by atoms with E-state index in [-0.39, 0.29) is 0 Å². The van der Waals surface area contributed by atoms with Crippen LogP contribution in [0.25, 0.3) is 10.9 Å². The van der Waals surface area contributed by atoms with Crippen LogP contribution in [0.2, 0.25) is 0 Å². The van der Waals surface area contributed by atoms with E-state index in [0.29, 0.717) is 12.5 Å². The molecule has 0 aliphatic carbocycles. The number of hydrogen-bond donors (Lipinski definition) is 3. The van der Waals surface area contributed by atoms with E-state index in [1.54, 1.807) is 0 Å². The minimum absolute atomic E-state index is 0.572. The Balaban J connectivity index is 1.59. The number of para-hydroxylation sites is 1. The maximum atomic E-state index is 4.71. The lowest BCUT2D eigenvalue weighted by Crippen LogP contribution is -2.38. The number of nitrogens with zero attached hydrogens (tertiary/aromatic N) is 3. The standard InChI is InChI=1S/C21H30N6/c1-4-22-21(26-14-20-23-11-12-27(20)15-16(2)3)24-10-9-17-13-25-19-8-6-5-7-18(17)19/h5-8,11-13,16,25H,4,9-10,14-15H2,1-3H3,(H2,22,24,26). The maximum absolute atomic E-state index is 4.71. The Hall–Kier alpha value is -2.76. The highest BCUT2D eigenvalue weighted by molar-refractivity contribution is 5.83. The minimum atomic E-state index is 0.572. The van der Waals surface area contributed by atoms with Gasteiger partial charge >= 0.3 is 0 Å². The first kappa shape index (κ1) is 19.0. The highest BCUT2D eigenvalue weighted by Crippen LogP contribution is 2.17. The van der Waals surface area contributed by atoms with Crippen molar-refractivity contribution in [3.8, 4) is 0 Å². The Kier molecular flexibility index (Phi) is 6.52. The molecule has 2 aromatic heterocycles. The van der Waals surface area contributed by atoms with Crippen molar-refractivity contribution in [2.45, 2.75) is 40.3 Å². The Labute approximate surface area is 161 Å². The highest BCUT2D eigenvalue weighted by Gasteiger charge is 2.06. The van der Waals surface area contributed by atoms with Gasteiger partial charge in [-0.1, -0.05) is 32.0 Å². The molecular weight excluding hydrogens is 336 g/mol. The van der Waals surface area contributed by atoms with Gasteiger partial charge in [-0.15, -0.1) is 0 Å². The van der Waals surface area contributed by atoms with Crippen LogP contribution in [0, 0.1) is 5.92 Å². The summed E-state index contributed by atoms with van der Waals surface area (Å²) < 4.78 is 2.18. The fraction of sp³-hybridized carbons (Fsp3) is 0.429. The van der Waals surface area contributed by atoms with Gasteiger partial charge < -0.3 is 20.2 Å². The minimum Gasteiger partial charge on any atom is -0.361 e. The lowest BCUT2D eigenvalue weighted by molar-refractivity contribution is 0.507.